The fraction of sp³-hybridized carbons (Fsp3) is 0.938. The summed E-state index contributed by atoms with van der Waals surface area (Å²) in [6.07, 6.45) is 5.69. The van der Waals surface area contributed by atoms with Crippen LogP contribution < -0.4 is 11.0 Å². The molecule has 0 spiro atoms. The summed E-state index contributed by atoms with van der Waals surface area (Å²) in [4.78, 5) is 11.4. The second-order valence-corrected chi connectivity index (χ2v) is 7.01. The number of hydrogen-bond donors (Lipinski definition) is 2. The predicted molar refractivity (Wildman–Crippen MR) is 85.4 cm³/mol. The number of carbonyl (C=O) groups is 1. The molecule has 2 N–H and O–H groups in total. The average Bonchev–Trinajstić information content (AvgIpc) is 2.87. The molecule has 1 heterocycles. The molecule has 0 aliphatic carbocycles. The van der Waals surface area contributed by atoms with Crippen LogP contribution in [0.5, 0.6) is 0 Å². The Kier molecular flexibility index (Phi) is 8.22. The molecule has 1 unspecified atom stereocenters. The third-order valence-corrected chi connectivity index (χ3v) is 3.92. The quantitative estimate of drug-likeness (QED) is 0.506. The summed E-state index contributed by atoms with van der Waals surface area (Å²) in [6.45, 7) is 11.5. The lowest BCUT2D eigenvalue weighted by atomic mass is 9.87. The minimum Gasteiger partial charge on any atom is -0.466 e. The highest BCUT2D eigenvalue weighted by Crippen LogP contribution is 2.21. The Balaban J connectivity index is 1.99. The molecule has 1 aliphatic rings. The largest absolute Gasteiger partial charge is 0.466 e. The summed E-state index contributed by atoms with van der Waals surface area (Å²) >= 11 is 0. The molecular weight excluding hydrogens is 266 g/mol. The molecular formula is C16H33N3O2. The first-order chi connectivity index (χ1) is 9.93. The van der Waals surface area contributed by atoms with Gasteiger partial charge in [-0.05, 0) is 24.7 Å². The van der Waals surface area contributed by atoms with E-state index in [0.29, 0.717) is 19.1 Å². The van der Waals surface area contributed by atoms with E-state index in [1.807, 2.05) is 0 Å². The second-order valence-electron chi connectivity index (χ2n) is 7.01. The second kappa shape index (κ2) is 9.38. The van der Waals surface area contributed by atoms with Gasteiger partial charge in [0.15, 0.2) is 0 Å². The first kappa shape index (κ1) is 18.4. The van der Waals surface area contributed by atoms with E-state index in [0.717, 1.165) is 45.2 Å². The summed E-state index contributed by atoms with van der Waals surface area (Å²) in [5, 5.41) is 2.23. The predicted octanol–water partition coefficient (Wildman–Crippen LogP) is 2.63. The molecule has 1 saturated heterocycles. The molecule has 21 heavy (non-hydrogen) atoms. The van der Waals surface area contributed by atoms with E-state index < -0.39 is 0 Å². The first-order valence-electron chi connectivity index (χ1n) is 8.35. The number of hydrogen-bond acceptors (Lipinski definition) is 5. The van der Waals surface area contributed by atoms with Crippen molar-refractivity contribution < 1.29 is 9.53 Å². The van der Waals surface area contributed by atoms with Gasteiger partial charge in [0.1, 0.15) is 0 Å². The molecule has 0 aromatic rings. The molecule has 0 saturated carbocycles. The molecule has 124 valence electrons. The summed E-state index contributed by atoms with van der Waals surface area (Å²) in [5.41, 5.74) is 6.84. The number of hydrazine groups is 2. The van der Waals surface area contributed by atoms with Crippen molar-refractivity contribution in [1.82, 2.24) is 16.0 Å². The highest BCUT2D eigenvalue weighted by Gasteiger charge is 2.30. The van der Waals surface area contributed by atoms with Gasteiger partial charge in [-0.1, -0.05) is 40.5 Å². The van der Waals surface area contributed by atoms with Gasteiger partial charge in [-0.15, -0.1) is 0 Å². The molecule has 0 bridgehead atoms. The Bertz CT molecular complexity index is 302. The van der Waals surface area contributed by atoms with E-state index in [2.05, 4.69) is 43.7 Å². The van der Waals surface area contributed by atoms with Crippen LogP contribution in [0.4, 0.5) is 0 Å². The van der Waals surface area contributed by atoms with Crippen molar-refractivity contribution in [3.05, 3.63) is 0 Å². The highest BCUT2D eigenvalue weighted by molar-refractivity contribution is 5.69. The maximum atomic E-state index is 11.4. The van der Waals surface area contributed by atoms with E-state index in [9.17, 15) is 4.79 Å². The lowest BCUT2D eigenvalue weighted by Crippen LogP contribution is -2.41. The fourth-order valence-electron chi connectivity index (χ4n) is 2.27. The molecule has 0 aromatic carbocycles. The highest BCUT2D eigenvalue weighted by atomic mass is 16.5. The number of ether oxygens (including phenoxy) is 1. The fourth-order valence-corrected chi connectivity index (χ4v) is 2.27. The SMILES string of the molecule is CCCCOC(=O)CCCCCN1CC(C(C)(C)C)NN1. The molecule has 1 rings (SSSR count). The van der Waals surface area contributed by atoms with Crippen LogP contribution in [-0.4, -0.2) is 36.7 Å². The van der Waals surface area contributed by atoms with Gasteiger partial charge in [0.05, 0.1) is 6.61 Å². The van der Waals surface area contributed by atoms with Crippen molar-refractivity contribution in [2.75, 3.05) is 19.7 Å². The molecule has 0 aromatic heterocycles. The minimum atomic E-state index is -0.0442. The third-order valence-electron chi connectivity index (χ3n) is 3.92. The van der Waals surface area contributed by atoms with Crippen molar-refractivity contribution in [2.24, 2.45) is 5.41 Å². The zero-order chi connectivity index (χ0) is 15.7. The summed E-state index contributed by atoms with van der Waals surface area (Å²) < 4.78 is 5.14. The number of esters is 1. The zero-order valence-electron chi connectivity index (χ0n) is 14.2. The maximum Gasteiger partial charge on any atom is 0.305 e. The first-order valence-corrected chi connectivity index (χ1v) is 8.35. The Morgan fingerprint density at radius 3 is 2.62 bits per heavy atom. The molecule has 5 nitrogen and oxygen atoms in total. The van der Waals surface area contributed by atoms with Gasteiger partial charge in [-0.25, -0.2) is 10.4 Å². The Labute approximate surface area is 129 Å². The molecule has 1 atom stereocenters. The summed E-state index contributed by atoms with van der Waals surface area (Å²) in [6, 6.07) is 0.478. The number of nitrogens with one attached hydrogen (secondary N) is 2. The van der Waals surface area contributed by atoms with Crippen LogP contribution in [0.1, 0.15) is 66.2 Å². The van der Waals surface area contributed by atoms with Gasteiger partial charge in [-0.3, -0.25) is 4.79 Å². The van der Waals surface area contributed by atoms with Crippen LogP contribution >= 0.6 is 0 Å². The number of rotatable bonds is 9. The van der Waals surface area contributed by atoms with E-state index in [1.54, 1.807) is 0 Å². The minimum absolute atomic E-state index is 0.0442. The monoisotopic (exact) mass is 299 g/mol. The molecule has 0 radical (unpaired) electrons. The molecule has 1 aliphatic heterocycles. The van der Waals surface area contributed by atoms with E-state index >= 15 is 0 Å². The van der Waals surface area contributed by atoms with Crippen molar-refractivity contribution in [3.63, 3.8) is 0 Å². The molecule has 0 amide bonds. The number of nitrogens with zero attached hydrogens (tertiary/aromatic N) is 1. The zero-order valence-corrected chi connectivity index (χ0v) is 14.2. The van der Waals surface area contributed by atoms with Crippen LogP contribution in [-0.2, 0) is 9.53 Å². The van der Waals surface area contributed by atoms with Crippen molar-refractivity contribution in [3.8, 4) is 0 Å². The lowest BCUT2D eigenvalue weighted by molar-refractivity contribution is -0.143. The third kappa shape index (κ3) is 7.79. The normalized spacial score (nSPS) is 19.9. The van der Waals surface area contributed by atoms with Gasteiger partial charge in [0.25, 0.3) is 0 Å². The average molecular weight is 299 g/mol. The summed E-state index contributed by atoms with van der Waals surface area (Å²) in [7, 11) is 0. The van der Waals surface area contributed by atoms with Gasteiger partial charge >= 0.3 is 5.97 Å². The van der Waals surface area contributed by atoms with E-state index in [4.69, 9.17) is 4.74 Å². The van der Waals surface area contributed by atoms with Crippen LogP contribution in [0.15, 0.2) is 0 Å². The Hall–Kier alpha value is -0.650. The van der Waals surface area contributed by atoms with Crippen LogP contribution in [0.2, 0.25) is 0 Å². The Morgan fingerprint density at radius 1 is 1.24 bits per heavy atom. The van der Waals surface area contributed by atoms with Crippen molar-refractivity contribution >= 4 is 5.97 Å². The summed E-state index contributed by atoms with van der Waals surface area (Å²) in [5.74, 6) is -0.0442. The Morgan fingerprint density at radius 2 is 2.00 bits per heavy atom. The van der Waals surface area contributed by atoms with Gasteiger partial charge < -0.3 is 4.74 Å². The number of carbonyl (C=O) groups excluding carboxylic acids is 1. The van der Waals surface area contributed by atoms with Crippen LogP contribution in [0.25, 0.3) is 0 Å². The van der Waals surface area contributed by atoms with Gasteiger partial charge in [-0.2, -0.15) is 5.53 Å². The van der Waals surface area contributed by atoms with E-state index in [-0.39, 0.29) is 11.4 Å². The van der Waals surface area contributed by atoms with Crippen LogP contribution in [0.3, 0.4) is 0 Å². The lowest BCUT2D eigenvalue weighted by Gasteiger charge is -2.25. The van der Waals surface area contributed by atoms with Crippen molar-refractivity contribution in [1.29, 1.82) is 0 Å². The topological polar surface area (TPSA) is 53.6 Å². The van der Waals surface area contributed by atoms with Gasteiger partial charge in [0.2, 0.25) is 0 Å². The molecule has 5 heteroatoms. The molecule has 1 fully saturated rings. The van der Waals surface area contributed by atoms with E-state index in [1.165, 1.54) is 0 Å². The standard InChI is InChI=1S/C16H33N3O2/c1-5-6-12-21-15(20)10-8-7-9-11-19-13-14(17-18-19)16(2,3)4/h14,17-18H,5-13H2,1-4H3. The maximum absolute atomic E-state index is 11.4. The van der Waals surface area contributed by atoms with Crippen molar-refractivity contribution in [2.45, 2.75) is 72.3 Å². The smallest absolute Gasteiger partial charge is 0.305 e. The van der Waals surface area contributed by atoms with Gasteiger partial charge in [0, 0.05) is 25.6 Å². The number of unbranched alkanes of at least 4 members (excludes halogenated alkanes) is 3. The van der Waals surface area contributed by atoms with Crippen LogP contribution in [0, 0.1) is 5.41 Å².